The predicted octanol–water partition coefficient (Wildman–Crippen LogP) is 5.18. The van der Waals surface area contributed by atoms with Crippen molar-refractivity contribution in [3.8, 4) is 28.3 Å². The Morgan fingerprint density at radius 1 is 1.24 bits per heavy atom. The Bertz CT molecular complexity index is 1410. The second kappa shape index (κ2) is 7.16. The van der Waals surface area contributed by atoms with E-state index in [4.69, 9.17) is 20.1 Å². The second-order valence-corrected chi connectivity index (χ2v) is 8.73. The molecule has 2 atom stereocenters. The maximum atomic E-state index is 14.3. The van der Waals surface area contributed by atoms with Gasteiger partial charge < -0.3 is 15.0 Å². The van der Waals surface area contributed by atoms with Gasteiger partial charge in [-0.1, -0.05) is 5.16 Å². The highest BCUT2D eigenvalue weighted by Crippen LogP contribution is 2.49. The van der Waals surface area contributed by atoms with Gasteiger partial charge in [0.05, 0.1) is 17.1 Å². The fraction of sp³-hybridized carbons (Fsp3) is 0.320. The smallest absolute Gasteiger partial charge is 0.171 e. The molecule has 4 heterocycles. The van der Waals surface area contributed by atoms with Crippen LogP contribution in [0, 0.1) is 12.7 Å². The average Bonchev–Trinajstić information content (AvgIpc) is 3.47. The van der Waals surface area contributed by atoms with Crippen molar-refractivity contribution in [3.05, 3.63) is 64.4 Å². The Hall–Kier alpha value is -3.68. The number of rotatable bonds is 1. The van der Waals surface area contributed by atoms with Crippen LogP contribution in [0.15, 0.2) is 35.0 Å². The number of benzene rings is 1. The number of nitrogen functional groups attached to an aromatic ring is 1. The number of pyridine rings is 1. The van der Waals surface area contributed by atoms with Gasteiger partial charge in [0.2, 0.25) is 0 Å². The van der Waals surface area contributed by atoms with Crippen LogP contribution < -0.4 is 10.5 Å². The third-order valence-corrected chi connectivity index (χ3v) is 6.80. The first-order valence-corrected chi connectivity index (χ1v) is 11.2. The molecule has 0 radical (unpaired) electrons. The predicted molar refractivity (Wildman–Crippen MR) is 121 cm³/mol. The van der Waals surface area contributed by atoms with Crippen LogP contribution in [0.25, 0.3) is 22.6 Å². The summed E-state index contributed by atoms with van der Waals surface area (Å²) >= 11 is 0. The van der Waals surface area contributed by atoms with Gasteiger partial charge in [-0.25, -0.2) is 9.37 Å². The van der Waals surface area contributed by atoms with Crippen molar-refractivity contribution < 1.29 is 13.7 Å². The van der Waals surface area contributed by atoms with E-state index < -0.39 is 6.10 Å². The van der Waals surface area contributed by atoms with E-state index in [9.17, 15) is 4.39 Å². The molecule has 0 spiro atoms. The molecule has 8 heteroatoms. The quantitative estimate of drug-likeness (QED) is 0.434. The highest BCUT2D eigenvalue weighted by Gasteiger charge is 2.37. The summed E-state index contributed by atoms with van der Waals surface area (Å²) in [4.78, 5) is 4.42. The zero-order valence-corrected chi connectivity index (χ0v) is 18.7. The van der Waals surface area contributed by atoms with E-state index in [0.29, 0.717) is 17.1 Å². The summed E-state index contributed by atoms with van der Waals surface area (Å²) in [5, 5.41) is 9.24. The Balaban J connectivity index is 1.71. The van der Waals surface area contributed by atoms with Crippen molar-refractivity contribution in [2.24, 2.45) is 0 Å². The first-order valence-electron chi connectivity index (χ1n) is 11.2. The monoisotopic (exact) mass is 445 g/mol. The molecule has 3 aromatic heterocycles. The molecule has 4 aromatic rings. The molecule has 1 aliphatic heterocycles. The molecule has 1 aromatic carbocycles. The van der Waals surface area contributed by atoms with Crippen LogP contribution in [0.5, 0.6) is 5.75 Å². The van der Waals surface area contributed by atoms with E-state index >= 15 is 0 Å². The number of fused-ring (bicyclic) bond motifs is 7. The molecule has 168 valence electrons. The van der Waals surface area contributed by atoms with Gasteiger partial charge in [-0.3, -0.25) is 4.68 Å². The van der Waals surface area contributed by atoms with Crippen molar-refractivity contribution in [1.82, 2.24) is 19.9 Å². The molecular weight excluding hydrogens is 421 g/mol. The number of nitrogens with zero attached hydrogens (tertiary/aromatic N) is 4. The fourth-order valence-electron chi connectivity index (χ4n) is 5.31. The van der Waals surface area contributed by atoms with Gasteiger partial charge in [0, 0.05) is 46.5 Å². The van der Waals surface area contributed by atoms with Crippen LogP contribution in [0.3, 0.4) is 0 Å². The summed E-state index contributed by atoms with van der Waals surface area (Å²) in [6.45, 7) is 6.63. The summed E-state index contributed by atoms with van der Waals surface area (Å²) < 4.78 is 28.5. The highest BCUT2D eigenvalue weighted by molar-refractivity contribution is 5.74. The molecular formula is C25H24FN5O2. The molecule has 33 heavy (non-hydrogen) atoms. The van der Waals surface area contributed by atoms with Crippen LogP contribution >= 0.6 is 0 Å². The number of hydrogen-bond acceptors (Lipinski definition) is 6. The van der Waals surface area contributed by atoms with Crippen molar-refractivity contribution >= 4 is 5.82 Å². The van der Waals surface area contributed by atoms with Crippen LogP contribution in [0.2, 0.25) is 0 Å². The van der Waals surface area contributed by atoms with Crippen LogP contribution in [0.1, 0.15) is 60.4 Å². The molecule has 0 amide bonds. The summed E-state index contributed by atoms with van der Waals surface area (Å²) in [5.41, 5.74) is 13.6. The maximum Gasteiger partial charge on any atom is 0.171 e. The van der Waals surface area contributed by atoms with E-state index in [1.807, 2.05) is 24.6 Å². The molecule has 2 N–H and O–H groups in total. The number of aromatic nitrogens is 4. The van der Waals surface area contributed by atoms with Crippen molar-refractivity contribution in [2.45, 2.75) is 52.2 Å². The SMILES string of the molecule is CCn1nc2c3c1-c1cnc(N)c(c1)O[C@H](C)c1cc(F)ccc1-c1onc(C)c1C3CC2. The molecule has 1 aliphatic carbocycles. The number of aryl methyl sites for hydroxylation is 3. The third-order valence-electron chi connectivity index (χ3n) is 6.80. The normalized spacial score (nSPS) is 18.5. The largest absolute Gasteiger partial charge is 0.482 e. The third kappa shape index (κ3) is 2.90. The molecule has 2 bridgehead atoms. The molecule has 0 saturated carbocycles. The first kappa shape index (κ1) is 20.0. The van der Waals surface area contributed by atoms with Crippen molar-refractivity contribution in [2.75, 3.05) is 5.73 Å². The summed E-state index contributed by atoms with van der Waals surface area (Å²) in [5.74, 6) is 1.11. The topological polar surface area (TPSA) is 92.0 Å². The van der Waals surface area contributed by atoms with Crippen molar-refractivity contribution in [3.63, 3.8) is 0 Å². The number of hydrogen-bond donors (Lipinski definition) is 1. The zero-order valence-electron chi connectivity index (χ0n) is 18.7. The van der Waals surface area contributed by atoms with Crippen LogP contribution in [-0.2, 0) is 13.0 Å². The molecule has 2 aliphatic rings. The molecule has 7 nitrogen and oxygen atoms in total. The Morgan fingerprint density at radius 3 is 2.91 bits per heavy atom. The molecule has 0 saturated heterocycles. The van der Waals surface area contributed by atoms with E-state index in [1.54, 1.807) is 12.3 Å². The number of ether oxygens (including phenoxy) is 1. The van der Waals surface area contributed by atoms with Gasteiger partial charge in [-0.05, 0) is 57.9 Å². The minimum atomic E-state index is -0.498. The van der Waals surface area contributed by atoms with Gasteiger partial charge in [-0.2, -0.15) is 5.10 Å². The maximum absolute atomic E-state index is 14.3. The van der Waals surface area contributed by atoms with Gasteiger partial charge >= 0.3 is 0 Å². The second-order valence-electron chi connectivity index (χ2n) is 8.73. The number of anilines is 1. The fourth-order valence-corrected chi connectivity index (χ4v) is 5.31. The van der Waals surface area contributed by atoms with Crippen LogP contribution in [0.4, 0.5) is 10.2 Å². The Kier molecular flexibility index (Phi) is 4.33. The molecule has 1 unspecified atom stereocenters. The minimum absolute atomic E-state index is 0.0612. The number of nitrogens with two attached hydrogens (primary N) is 1. The van der Waals surface area contributed by atoms with Gasteiger partial charge in [0.25, 0.3) is 0 Å². The lowest BCUT2D eigenvalue weighted by Crippen LogP contribution is -2.11. The zero-order chi connectivity index (χ0) is 22.9. The van der Waals surface area contributed by atoms with Gasteiger partial charge in [-0.15, -0.1) is 0 Å². The lowest BCUT2D eigenvalue weighted by molar-refractivity contribution is 0.227. The Morgan fingerprint density at radius 2 is 2.09 bits per heavy atom. The number of halogens is 1. The standard InChI is InChI=1S/C25H24FN5O2/c1-4-31-23-14-9-20(25(27)28-11-14)32-13(3)18-10-15(26)5-6-16(18)24-21(12(2)30-33-24)17-7-8-19(29-31)22(17)23/h5-6,9-11,13,17H,4,7-8H2,1-3H3,(H2,27,28)/t13-,17?/m1/s1. The van der Waals surface area contributed by atoms with Gasteiger partial charge in [0.1, 0.15) is 11.9 Å². The lowest BCUT2D eigenvalue weighted by Gasteiger charge is -2.22. The summed E-state index contributed by atoms with van der Waals surface area (Å²) in [6.07, 6.45) is 3.04. The van der Waals surface area contributed by atoms with E-state index in [0.717, 1.165) is 53.2 Å². The van der Waals surface area contributed by atoms with Gasteiger partial charge in [0.15, 0.2) is 17.3 Å². The lowest BCUT2D eigenvalue weighted by atomic mass is 9.86. The average molecular weight is 445 g/mol. The van der Waals surface area contributed by atoms with E-state index in [-0.39, 0.29) is 17.6 Å². The van der Waals surface area contributed by atoms with Crippen molar-refractivity contribution in [1.29, 1.82) is 0 Å². The summed E-state index contributed by atoms with van der Waals surface area (Å²) in [6, 6.07) is 6.58. The summed E-state index contributed by atoms with van der Waals surface area (Å²) in [7, 11) is 0. The minimum Gasteiger partial charge on any atom is -0.482 e. The van der Waals surface area contributed by atoms with E-state index in [1.165, 1.54) is 17.7 Å². The Labute approximate surface area is 190 Å². The first-order chi connectivity index (χ1) is 16.0. The molecule has 6 rings (SSSR count). The molecule has 0 fully saturated rings. The van der Waals surface area contributed by atoms with Crippen LogP contribution in [-0.4, -0.2) is 19.9 Å². The van der Waals surface area contributed by atoms with E-state index in [2.05, 4.69) is 17.1 Å². The highest BCUT2D eigenvalue weighted by atomic mass is 19.1.